The van der Waals surface area contributed by atoms with Gasteiger partial charge in [0.25, 0.3) is 0 Å². The van der Waals surface area contributed by atoms with E-state index in [1.165, 1.54) is 24.1 Å². The molecule has 1 heterocycles. The summed E-state index contributed by atoms with van der Waals surface area (Å²) in [6, 6.07) is 9.72. The summed E-state index contributed by atoms with van der Waals surface area (Å²) >= 11 is 0. The molecular weight excluding hydrogens is 208 g/mol. The molecule has 94 valence electrons. The first kappa shape index (κ1) is 12.6. The third-order valence-corrected chi connectivity index (χ3v) is 3.71. The lowest BCUT2D eigenvalue weighted by atomic mass is 9.85. The Morgan fingerprint density at radius 1 is 1.24 bits per heavy atom. The van der Waals surface area contributed by atoms with E-state index in [1.54, 1.807) is 0 Å². The van der Waals surface area contributed by atoms with Crippen LogP contribution in [0.15, 0.2) is 24.3 Å². The van der Waals surface area contributed by atoms with E-state index in [9.17, 15) is 0 Å². The van der Waals surface area contributed by atoms with E-state index in [0.717, 1.165) is 13.1 Å². The van der Waals surface area contributed by atoms with Crippen LogP contribution in [-0.2, 0) is 5.41 Å². The molecule has 0 saturated carbocycles. The van der Waals surface area contributed by atoms with E-state index >= 15 is 0 Å². The highest BCUT2D eigenvalue weighted by atomic mass is 15.2. The van der Waals surface area contributed by atoms with Crippen molar-refractivity contribution in [3.05, 3.63) is 35.4 Å². The molecule has 0 aromatic heterocycles. The van der Waals surface area contributed by atoms with Gasteiger partial charge in [0.1, 0.15) is 0 Å². The molecule has 0 bridgehead atoms. The topological polar surface area (TPSA) is 29.3 Å². The van der Waals surface area contributed by atoms with Gasteiger partial charge < -0.3 is 5.73 Å². The van der Waals surface area contributed by atoms with Crippen molar-refractivity contribution in [2.24, 2.45) is 5.73 Å². The Morgan fingerprint density at radius 3 is 2.29 bits per heavy atom. The SMILES string of the molecule is CC(C)(C)c1ccc(C2CCN2CCN)cc1. The second kappa shape index (κ2) is 4.79. The van der Waals surface area contributed by atoms with Crippen LogP contribution >= 0.6 is 0 Å². The molecule has 0 aliphatic carbocycles. The highest BCUT2D eigenvalue weighted by Gasteiger charge is 2.28. The van der Waals surface area contributed by atoms with Crippen molar-refractivity contribution in [1.29, 1.82) is 0 Å². The largest absolute Gasteiger partial charge is 0.329 e. The summed E-state index contributed by atoms with van der Waals surface area (Å²) in [5.41, 5.74) is 8.71. The van der Waals surface area contributed by atoms with Crippen LogP contribution in [0.2, 0.25) is 0 Å². The van der Waals surface area contributed by atoms with Gasteiger partial charge >= 0.3 is 0 Å². The molecule has 17 heavy (non-hydrogen) atoms. The third-order valence-electron chi connectivity index (χ3n) is 3.71. The molecule has 2 heteroatoms. The van der Waals surface area contributed by atoms with Crippen LogP contribution in [0.5, 0.6) is 0 Å². The highest BCUT2D eigenvalue weighted by molar-refractivity contribution is 5.30. The van der Waals surface area contributed by atoms with Gasteiger partial charge in [-0.15, -0.1) is 0 Å². The van der Waals surface area contributed by atoms with Gasteiger partial charge in [-0.3, -0.25) is 4.90 Å². The summed E-state index contributed by atoms with van der Waals surface area (Å²) in [5.74, 6) is 0. The van der Waals surface area contributed by atoms with Gasteiger partial charge in [-0.1, -0.05) is 45.0 Å². The molecule has 2 rings (SSSR count). The van der Waals surface area contributed by atoms with Crippen molar-refractivity contribution in [3.63, 3.8) is 0 Å². The van der Waals surface area contributed by atoms with Gasteiger partial charge in [0.15, 0.2) is 0 Å². The zero-order valence-corrected chi connectivity index (χ0v) is 11.2. The third kappa shape index (κ3) is 2.70. The Kier molecular flexibility index (Phi) is 3.55. The van der Waals surface area contributed by atoms with Crippen molar-refractivity contribution in [2.75, 3.05) is 19.6 Å². The molecule has 0 amide bonds. The molecule has 1 saturated heterocycles. The number of benzene rings is 1. The fraction of sp³-hybridized carbons (Fsp3) is 0.600. The van der Waals surface area contributed by atoms with Gasteiger partial charge in [0.05, 0.1) is 0 Å². The van der Waals surface area contributed by atoms with Gasteiger partial charge in [-0.25, -0.2) is 0 Å². The van der Waals surface area contributed by atoms with E-state index < -0.39 is 0 Å². The van der Waals surface area contributed by atoms with E-state index in [0.29, 0.717) is 6.04 Å². The summed E-state index contributed by atoms with van der Waals surface area (Å²) < 4.78 is 0. The summed E-state index contributed by atoms with van der Waals surface area (Å²) in [5, 5.41) is 0. The molecule has 2 nitrogen and oxygen atoms in total. The lowest BCUT2D eigenvalue weighted by Gasteiger charge is -2.41. The molecule has 1 aromatic rings. The second-order valence-corrected chi connectivity index (χ2v) is 6.00. The predicted molar refractivity (Wildman–Crippen MR) is 73.1 cm³/mol. The number of rotatable bonds is 3. The number of likely N-dealkylation sites (tertiary alicyclic amines) is 1. The van der Waals surface area contributed by atoms with Crippen LogP contribution in [-0.4, -0.2) is 24.5 Å². The molecule has 2 N–H and O–H groups in total. The second-order valence-electron chi connectivity index (χ2n) is 6.00. The number of hydrogen-bond donors (Lipinski definition) is 1. The zero-order valence-electron chi connectivity index (χ0n) is 11.2. The Morgan fingerprint density at radius 2 is 1.88 bits per heavy atom. The molecule has 0 spiro atoms. The first-order chi connectivity index (χ1) is 8.02. The minimum Gasteiger partial charge on any atom is -0.329 e. The number of nitrogens with zero attached hydrogens (tertiary/aromatic N) is 1. The first-order valence-electron chi connectivity index (χ1n) is 6.57. The van der Waals surface area contributed by atoms with Gasteiger partial charge in [-0.05, 0) is 23.0 Å². The summed E-state index contributed by atoms with van der Waals surface area (Å²) in [7, 11) is 0. The lowest BCUT2D eigenvalue weighted by Crippen LogP contribution is -2.43. The molecule has 1 aliphatic rings. The van der Waals surface area contributed by atoms with Crippen molar-refractivity contribution in [1.82, 2.24) is 4.90 Å². The molecule has 1 atom stereocenters. The molecule has 1 unspecified atom stereocenters. The average Bonchev–Trinajstić information content (AvgIpc) is 2.24. The maximum atomic E-state index is 5.62. The Bertz CT molecular complexity index is 362. The predicted octanol–water partition coefficient (Wildman–Crippen LogP) is 2.69. The van der Waals surface area contributed by atoms with Crippen LogP contribution in [0.3, 0.4) is 0 Å². The minimum atomic E-state index is 0.245. The van der Waals surface area contributed by atoms with Crippen molar-refractivity contribution < 1.29 is 0 Å². The Balaban J connectivity index is 2.08. The maximum Gasteiger partial charge on any atom is 0.0360 e. The molecular formula is C15H24N2. The molecule has 1 fully saturated rings. The Labute approximate surface area is 105 Å². The highest BCUT2D eigenvalue weighted by Crippen LogP contribution is 2.33. The van der Waals surface area contributed by atoms with Crippen LogP contribution < -0.4 is 5.73 Å². The van der Waals surface area contributed by atoms with Crippen molar-refractivity contribution in [2.45, 2.75) is 38.6 Å². The number of nitrogens with two attached hydrogens (primary N) is 1. The summed E-state index contributed by atoms with van der Waals surface area (Å²) in [6.07, 6.45) is 1.27. The summed E-state index contributed by atoms with van der Waals surface area (Å²) in [6.45, 7) is 9.75. The fourth-order valence-corrected chi connectivity index (χ4v) is 2.46. The van der Waals surface area contributed by atoms with E-state index in [4.69, 9.17) is 5.73 Å². The van der Waals surface area contributed by atoms with E-state index in [1.807, 2.05) is 0 Å². The smallest absolute Gasteiger partial charge is 0.0360 e. The maximum absolute atomic E-state index is 5.62. The molecule has 1 aromatic carbocycles. The fourth-order valence-electron chi connectivity index (χ4n) is 2.46. The molecule has 1 aliphatic heterocycles. The van der Waals surface area contributed by atoms with Gasteiger partial charge in [0.2, 0.25) is 0 Å². The van der Waals surface area contributed by atoms with Gasteiger partial charge in [-0.2, -0.15) is 0 Å². The van der Waals surface area contributed by atoms with Crippen LogP contribution in [0.4, 0.5) is 0 Å². The normalized spacial score (nSPS) is 21.3. The standard InChI is InChI=1S/C15H24N2/c1-15(2,3)13-6-4-12(5-7-13)14-8-10-17(14)11-9-16/h4-7,14H,8-11,16H2,1-3H3. The van der Waals surface area contributed by atoms with Crippen LogP contribution in [0.25, 0.3) is 0 Å². The van der Waals surface area contributed by atoms with Crippen LogP contribution in [0.1, 0.15) is 44.4 Å². The van der Waals surface area contributed by atoms with Gasteiger partial charge in [0, 0.05) is 25.7 Å². The monoisotopic (exact) mass is 232 g/mol. The number of hydrogen-bond acceptors (Lipinski definition) is 2. The first-order valence-corrected chi connectivity index (χ1v) is 6.57. The van der Waals surface area contributed by atoms with E-state index in [2.05, 4.69) is 49.9 Å². The van der Waals surface area contributed by atoms with E-state index in [-0.39, 0.29) is 5.41 Å². The minimum absolute atomic E-state index is 0.245. The average molecular weight is 232 g/mol. The Hall–Kier alpha value is -0.860. The summed E-state index contributed by atoms with van der Waals surface area (Å²) in [4.78, 5) is 2.46. The lowest BCUT2D eigenvalue weighted by molar-refractivity contribution is 0.0951. The van der Waals surface area contributed by atoms with Crippen molar-refractivity contribution >= 4 is 0 Å². The van der Waals surface area contributed by atoms with Crippen LogP contribution in [0, 0.1) is 0 Å². The van der Waals surface area contributed by atoms with Crippen molar-refractivity contribution in [3.8, 4) is 0 Å². The zero-order chi connectivity index (χ0) is 12.5. The molecule has 0 radical (unpaired) electrons. The quantitative estimate of drug-likeness (QED) is 0.868.